The molecule has 14 heteroatoms. The zero-order valence-corrected chi connectivity index (χ0v) is 25.7. The number of nitrogens with zero attached hydrogens (tertiary/aromatic N) is 3. The van der Waals surface area contributed by atoms with E-state index in [0.717, 1.165) is 75.2 Å². The van der Waals surface area contributed by atoms with Gasteiger partial charge in [-0.25, -0.2) is 14.0 Å². The summed E-state index contributed by atoms with van der Waals surface area (Å²) in [7, 11) is 0. The smallest absolute Gasteiger partial charge is 0.335 e. The lowest BCUT2D eigenvalue weighted by Gasteiger charge is -2.39. The number of hydrogen-bond donors (Lipinski definition) is 5. The number of carbonyl (C=O) groups is 3. The lowest BCUT2D eigenvalue weighted by Crippen LogP contribution is -2.48. The van der Waals surface area contributed by atoms with Crippen LogP contribution in [-0.4, -0.2) is 116 Å². The molecule has 0 radical (unpaired) electrons. The van der Waals surface area contributed by atoms with Gasteiger partial charge in [0.15, 0.2) is 18.5 Å². The number of ether oxygens (including phenoxy) is 2. The largest absolute Gasteiger partial charge is 0.479 e. The monoisotopic (exact) mass is 647 g/mol. The van der Waals surface area contributed by atoms with E-state index in [1.807, 2.05) is 29.2 Å². The molecule has 2 saturated heterocycles. The Kier molecular flexibility index (Phi) is 14.5. The van der Waals surface area contributed by atoms with E-state index in [-0.39, 0.29) is 30.5 Å². The van der Waals surface area contributed by atoms with Crippen LogP contribution in [0.3, 0.4) is 0 Å². The van der Waals surface area contributed by atoms with Gasteiger partial charge in [0, 0.05) is 38.6 Å². The molecule has 0 saturated carbocycles. The van der Waals surface area contributed by atoms with Crippen LogP contribution in [0.15, 0.2) is 53.7 Å². The number of carboxylic acid groups (broad SMARTS) is 2. The number of likely N-dealkylation sites (tertiary alicyclic amines) is 1. The van der Waals surface area contributed by atoms with Crippen molar-refractivity contribution >= 4 is 23.6 Å². The molecule has 2 fully saturated rings. The van der Waals surface area contributed by atoms with Gasteiger partial charge in [-0.1, -0.05) is 41.6 Å². The Balaban J connectivity index is 0.000000498. The predicted octanol–water partition coefficient (Wildman–Crippen LogP) is 2.09. The van der Waals surface area contributed by atoms with Crippen molar-refractivity contribution in [3.63, 3.8) is 0 Å². The van der Waals surface area contributed by atoms with Crippen LogP contribution in [0.5, 0.6) is 0 Å². The summed E-state index contributed by atoms with van der Waals surface area (Å²) in [5.74, 6) is -3.76. The van der Waals surface area contributed by atoms with Crippen molar-refractivity contribution < 1.29 is 53.9 Å². The molecule has 2 heterocycles. The first-order chi connectivity index (χ1) is 22.0. The van der Waals surface area contributed by atoms with Gasteiger partial charge in [0.25, 0.3) is 0 Å². The number of aliphatic hydroxyl groups is 2. The van der Waals surface area contributed by atoms with Gasteiger partial charge < -0.3 is 44.9 Å². The van der Waals surface area contributed by atoms with E-state index in [4.69, 9.17) is 35.1 Å². The van der Waals surface area contributed by atoms with E-state index < -0.39 is 24.1 Å². The molecule has 13 nitrogen and oxygen atoms in total. The van der Waals surface area contributed by atoms with E-state index in [9.17, 15) is 18.8 Å². The summed E-state index contributed by atoms with van der Waals surface area (Å²) in [4.78, 5) is 37.4. The van der Waals surface area contributed by atoms with E-state index >= 15 is 0 Å². The summed E-state index contributed by atoms with van der Waals surface area (Å²) < 4.78 is 24.8. The second-order valence-corrected chi connectivity index (χ2v) is 11.2. The van der Waals surface area contributed by atoms with Gasteiger partial charge in [-0.3, -0.25) is 4.79 Å². The first kappa shape index (κ1) is 36.5. The van der Waals surface area contributed by atoms with Crippen molar-refractivity contribution in [2.75, 3.05) is 32.8 Å². The van der Waals surface area contributed by atoms with E-state index in [2.05, 4.69) is 10.1 Å². The maximum Gasteiger partial charge on any atom is 0.335 e. The Morgan fingerprint density at radius 2 is 1.48 bits per heavy atom. The maximum absolute atomic E-state index is 13.5. The molecule has 0 aliphatic carbocycles. The van der Waals surface area contributed by atoms with Crippen molar-refractivity contribution in [1.29, 1.82) is 0 Å². The number of piperidine rings is 1. The maximum atomic E-state index is 13.5. The average molecular weight is 648 g/mol. The van der Waals surface area contributed by atoms with Gasteiger partial charge in [0.05, 0.1) is 25.3 Å². The first-order valence-corrected chi connectivity index (χ1v) is 15.1. The molecule has 1 amide bonds. The second kappa shape index (κ2) is 18.3. The number of carbonyl (C=O) groups excluding carboxylic acids is 1. The van der Waals surface area contributed by atoms with Gasteiger partial charge >= 0.3 is 11.9 Å². The van der Waals surface area contributed by atoms with E-state index in [1.165, 1.54) is 12.1 Å². The van der Waals surface area contributed by atoms with Gasteiger partial charge in [-0.2, -0.15) is 0 Å². The number of aliphatic hydroxyl groups excluding tert-OH is 2. The van der Waals surface area contributed by atoms with Crippen LogP contribution in [0, 0.1) is 5.82 Å². The molecule has 2 aromatic rings. The summed E-state index contributed by atoms with van der Waals surface area (Å²) >= 11 is 0. The summed E-state index contributed by atoms with van der Waals surface area (Å²) in [6, 6.07) is 14.0. The molecule has 2 aliphatic rings. The van der Waals surface area contributed by atoms with Crippen LogP contribution in [-0.2, 0) is 36.8 Å². The number of hydrogen-bond acceptors (Lipinski definition) is 10. The van der Waals surface area contributed by atoms with Crippen molar-refractivity contribution in [2.45, 2.75) is 70.1 Å². The zero-order chi connectivity index (χ0) is 33.6. The fraction of sp³-hybridized carbons (Fsp3) is 0.500. The third-order valence-corrected chi connectivity index (χ3v) is 7.84. The summed E-state index contributed by atoms with van der Waals surface area (Å²) in [5, 5.41) is 44.7. The van der Waals surface area contributed by atoms with Crippen LogP contribution < -0.4 is 0 Å². The lowest BCUT2D eigenvalue weighted by molar-refractivity contribution is -0.183. The Hall–Kier alpha value is -3.95. The van der Waals surface area contributed by atoms with Crippen molar-refractivity contribution in [3.8, 4) is 0 Å². The molecule has 0 bridgehead atoms. The van der Waals surface area contributed by atoms with Crippen molar-refractivity contribution in [2.24, 2.45) is 5.16 Å². The van der Waals surface area contributed by atoms with Gasteiger partial charge in [0.2, 0.25) is 5.91 Å². The topological polar surface area (TPSA) is 190 Å². The molecular formula is C32H42FN3O10. The molecule has 46 heavy (non-hydrogen) atoms. The number of halogens is 1. The Morgan fingerprint density at radius 1 is 0.935 bits per heavy atom. The number of oxime groups is 1. The molecule has 2 aliphatic heterocycles. The summed E-state index contributed by atoms with van der Waals surface area (Å²) in [6.07, 6.45) is -0.746. The van der Waals surface area contributed by atoms with Gasteiger partial charge in [0.1, 0.15) is 5.82 Å². The molecule has 0 aromatic heterocycles. The van der Waals surface area contributed by atoms with Gasteiger partial charge in [-0.05, 0) is 55.0 Å². The highest BCUT2D eigenvalue weighted by molar-refractivity contribution is 5.98. The third kappa shape index (κ3) is 11.4. The van der Waals surface area contributed by atoms with Crippen LogP contribution in [0.2, 0.25) is 0 Å². The molecule has 252 valence electrons. The van der Waals surface area contributed by atoms with E-state index in [0.29, 0.717) is 12.3 Å². The predicted molar refractivity (Wildman–Crippen MR) is 163 cm³/mol. The fourth-order valence-electron chi connectivity index (χ4n) is 5.12. The molecule has 5 N–H and O–H groups in total. The number of carboxylic acids is 2. The SMILES string of the molecule is C/C(=N\O)c1ccc(CC(=O)N(Cc2ccc(F)cc2)C2CCN(CCC3OCCCO3)CC2)cc1.O=C(O)[C@H](O)[C@@H](O)C(=O)O. The van der Waals surface area contributed by atoms with E-state index in [1.54, 1.807) is 19.1 Å². The molecule has 0 spiro atoms. The molecule has 2 atom stereocenters. The van der Waals surface area contributed by atoms with Crippen LogP contribution in [0.1, 0.15) is 49.3 Å². The van der Waals surface area contributed by atoms with Crippen LogP contribution in [0.4, 0.5) is 4.39 Å². The highest BCUT2D eigenvalue weighted by Crippen LogP contribution is 2.22. The standard InChI is InChI=1S/C28H36FN3O4.C4H6O6/c1-21(30-34)24-7-3-22(4-8-24)19-27(33)32(20-23-5-9-25(29)10-6-23)26-11-14-31(15-12-26)16-13-28-35-17-2-18-36-28;5-1(3(7)8)2(6)4(9)10/h3-10,26,28,34H,2,11-20H2,1H3;1-2,5-6H,(H,7,8)(H,9,10)/b30-21+;/t;1-,2-/m.1/s1. The summed E-state index contributed by atoms with van der Waals surface area (Å²) in [6.45, 7) is 6.48. The average Bonchev–Trinajstić information content (AvgIpc) is 3.07. The Morgan fingerprint density at radius 3 is 2.00 bits per heavy atom. The van der Waals surface area contributed by atoms with Crippen LogP contribution >= 0.6 is 0 Å². The lowest BCUT2D eigenvalue weighted by atomic mass is 10.00. The molecule has 0 unspecified atom stereocenters. The molecular weight excluding hydrogens is 605 g/mol. The minimum atomic E-state index is -2.27. The van der Waals surface area contributed by atoms with Crippen molar-refractivity contribution in [1.82, 2.24) is 9.80 Å². The zero-order valence-electron chi connectivity index (χ0n) is 25.7. The quantitative estimate of drug-likeness (QED) is 0.129. The number of aliphatic carboxylic acids is 2. The minimum Gasteiger partial charge on any atom is -0.479 e. The fourth-order valence-corrected chi connectivity index (χ4v) is 5.12. The molecule has 2 aromatic carbocycles. The Labute approximate surface area is 266 Å². The van der Waals surface area contributed by atoms with Gasteiger partial charge in [-0.15, -0.1) is 0 Å². The second-order valence-electron chi connectivity index (χ2n) is 11.2. The number of benzene rings is 2. The number of amides is 1. The number of rotatable bonds is 12. The molecule has 4 rings (SSSR count). The van der Waals surface area contributed by atoms with Crippen LogP contribution in [0.25, 0.3) is 0 Å². The van der Waals surface area contributed by atoms with Crippen molar-refractivity contribution in [3.05, 3.63) is 71.0 Å². The highest BCUT2D eigenvalue weighted by Gasteiger charge is 2.30. The normalized spacial score (nSPS) is 17.8. The first-order valence-electron chi connectivity index (χ1n) is 15.1. The third-order valence-electron chi connectivity index (χ3n) is 7.84. The summed E-state index contributed by atoms with van der Waals surface area (Å²) in [5.41, 5.74) is 3.17. The highest BCUT2D eigenvalue weighted by atomic mass is 19.1. The Bertz CT molecular complexity index is 1280. The minimum absolute atomic E-state index is 0.0575.